The quantitative estimate of drug-likeness (QED) is 0.759. The van der Waals surface area contributed by atoms with Gasteiger partial charge in [0.1, 0.15) is 11.9 Å². The summed E-state index contributed by atoms with van der Waals surface area (Å²) in [5.74, 6) is 0.585. The van der Waals surface area contributed by atoms with Crippen LogP contribution in [0.15, 0.2) is 30.3 Å². The lowest BCUT2D eigenvalue weighted by molar-refractivity contribution is -0.147. The van der Waals surface area contributed by atoms with Crippen LogP contribution in [0.3, 0.4) is 0 Å². The van der Waals surface area contributed by atoms with Gasteiger partial charge < -0.3 is 9.47 Å². The maximum absolute atomic E-state index is 11.1. The van der Waals surface area contributed by atoms with Crippen molar-refractivity contribution in [3.8, 4) is 5.75 Å². The number of esters is 1. The van der Waals surface area contributed by atoms with Gasteiger partial charge >= 0.3 is 5.97 Å². The van der Waals surface area contributed by atoms with Crippen molar-refractivity contribution in [3.63, 3.8) is 0 Å². The minimum atomic E-state index is -0.249. The maximum atomic E-state index is 11.1. The molecule has 1 unspecified atom stereocenters. The normalized spacial score (nSPS) is 16.9. The van der Waals surface area contributed by atoms with Crippen LogP contribution < -0.4 is 4.74 Å². The zero-order valence-corrected chi connectivity index (χ0v) is 10.4. The first-order valence-corrected chi connectivity index (χ1v) is 5.96. The van der Waals surface area contributed by atoms with E-state index in [1.807, 2.05) is 18.2 Å². The van der Waals surface area contributed by atoms with E-state index in [2.05, 4.69) is 12.1 Å². The molecule has 0 saturated carbocycles. The second kappa shape index (κ2) is 4.02. The second-order valence-corrected chi connectivity index (χ2v) is 4.51. The first-order chi connectivity index (χ1) is 8.70. The van der Waals surface area contributed by atoms with Gasteiger partial charge in [-0.05, 0) is 10.9 Å². The highest BCUT2D eigenvalue weighted by Gasteiger charge is 2.33. The first kappa shape index (κ1) is 11.1. The highest BCUT2D eigenvalue weighted by atomic mass is 16.5. The molecule has 3 heteroatoms. The van der Waals surface area contributed by atoms with Gasteiger partial charge in [-0.15, -0.1) is 0 Å². The second-order valence-electron chi connectivity index (χ2n) is 4.51. The Morgan fingerprint density at radius 2 is 2.11 bits per heavy atom. The topological polar surface area (TPSA) is 35.5 Å². The molecule has 0 aromatic heterocycles. The summed E-state index contributed by atoms with van der Waals surface area (Å²) in [6.45, 7) is 1.44. The lowest BCUT2D eigenvalue weighted by Crippen LogP contribution is -2.23. The molecule has 0 N–H and O–H groups in total. The molecule has 1 aliphatic rings. The molecule has 3 nitrogen and oxygen atoms in total. The molecule has 0 fully saturated rings. The van der Waals surface area contributed by atoms with E-state index >= 15 is 0 Å². The standard InChI is InChI=1S/C15H14O3/c1-9(16)18-13-8-11-7-10-5-3-4-6-12(10)15(17-2)14(11)13/h3-7,13H,8H2,1-2H3. The number of hydrogen-bond acceptors (Lipinski definition) is 3. The Bertz CT molecular complexity index is 631. The average molecular weight is 242 g/mol. The minimum absolute atomic E-state index is 0.156. The van der Waals surface area contributed by atoms with Gasteiger partial charge in [-0.25, -0.2) is 0 Å². The fourth-order valence-corrected chi connectivity index (χ4v) is 2.60. The Morgan fingerprint density at radius 3 is 2.83 bits per heavy atom. The van der Waals surface area contributed by atoms with E-state index in [0.29, 0.717) is 0 Å². The van der Waals surface area contributed by atoms with Gasteiger partial charge in [0.2, 0.25) is 0 Å². The van der Waals surface area contributed by atoms with Gasteiger partial charge in [0.15, 0.2) is 0 Å². The molecule has 2 aromatic rings. The van der Waals surface area contributed by atoms with Crippen molar-refractivity contribution in [1.82, 2.24) is 0 Å². The van der Waals surface area contributed by atoms with Crippen molar-refractivity contribution in [2.75, 3.05) is 7.11 Å². The van der Waals surface area contributed by atoms with Crippen molar-refractivity contribution in [2.24, 2.45) is 0 Å². The third-order valence-corrected chi connectivity index (χ3v) is 3.37. The third kappa shape index (κ3) is 1.55. The Kier molecular flexibility index (Phi) is 2.47. The molecule has 0 saturated heterocycles. The fraction of sp³-hybridized carbons (Fsp3) is 0.267. The Labute approximate surface area is 105 Å². The molecule has 1 atom stereocenters. The van der Waals surface area contributed by atoms with E-state index in [1.165, 1.54) is 12.5 Å². The highest BCUT2D eigenvalue weighted by molar-refractivity contribution is 5.91. The summed E-state index contributed by atoms with van der Waals surface area (Å²) in [6.07, 6.45) is 0.618. The van der Waals surface area contributed by atoms with E-state index in [-0.39, 0.29) is 12.1 Å². The van der Waals surface area contributed by atoms with Crippen LogP contribution >= 0.6 is 0 Å². The van der Waals surface area contributed by atoms with Crippen LogP contribution in [0.1, 0.15) is 24.2 Å². The van der Waals surface area contributed by atoms with Crippen molar-refractivity contribution in [2.45, 2.75) is 19.4 Å². The number of methoxy groups -OCH3 is 1. The zero-order valence-electron chi connectivity index (χ0n) is 10.4. The smallest absolute Gasteiger partial charge is 0.303 e. The number of hydrogen-bond donors (Lipinski definition) is 0. The number of ether oxygens (including phenoxy) is 2. The minimum Gasteiger partial charge on any atom is -0.496 e. The molecule has 92 valence electrons. The number of carbonyl (C=O) groups is 1. The van der Waals surface area contributed by atoms with E-state index in [4.69, 9.17) is 9.47 Å². The van der Waals surface area contributed by atoms with Crippen LogP contribution in [0.25, 0.3) is 10.8 Å². The summed E-state index contributed by atoms with van der Waals surface area (Å²) >= 11 is 0. The van der Waals surface area contributed by atoms with Crippen LogP contribution in [0.4, 0.5) is 0 Å². The van der Waals surface area contributed by atoms with Crippen LogP contribution in [0, 0.1) is 0 Å². The summed E-state index contributed by atoms with van der Waals surface area (Å²) in [6, 6.07) is 10.2. The molecule has 1 aliphatic carbocycles. The SMILES string of the molecule is COc1c2c(cc3ccccc13)CC2OC(C)=O. The van der Waals surface area contributed by atoms with Crippen LogP contribution in [0.5, 0.6) is 5.75 Å². The Balaban J connectivity index is 2.16. The van der Waals surface area contributed by atoms with Crippen molar-refractivity contribution in [3.05, 3.63) is 41.5 Å². The van der Waals surface area contributed by atoms with Gasteiger partial charge in [-0.2, -0.15) is 0 Å². The molecule has 0 bridgehead atoms. The molecule has 3 rings (SSSR count). The highest BCUT2D eigenvalue weighted by Crippen LogP contribution is 2.46. The van der Waals surface area contributed by atoms with Gasteiger partial charge in [0.05, 0.1) is 7.11 Å². The average Bonchev–Trinajstić information content (AvgIpc) is 2.34. The molecule has 0 spiro atoms. The molecule has 0 amide bonds. The predicted octanol–water partition coefficient (Wildman–Crippen LogP) is 3.01. The third-order valence-electron chi connectivity index (χ3n) is 3.37. The maximum Gasteiger partial charge on any atom is 0.303 e. The molecular weight excluding hydrogens is 228 g/mol. The van der Waals surface area contributed by atoms with E-state index in [9.17, 15) is 4.79 Å². The van der Waals surface area contributed by atoms with Gasteiger partial charge in [0.25, 0.3) is 0 Å². The fourth-order valence-electron chi connectivity index (χ4n) is 2.60. The number of fused-ring (bicyclic) bond motifs is 2. The summed E-state index contributed by atoms with van der Waals surface area (Å²) in [5.41, 5.74) is 2.23. The lowest BCUT2D eigenvalue weighted by Gasteiger charge is -2.32. The Morgan fingerprint density at radius 1 is 1.33 bits per heavy atom. The van der Waals surface area contributed by atoms with Gasteiger partial charge in [0, 0.05) is 24.3 Å². The number of carbonyl (C=O) groups excluding carboxylic acids is 1. The van der Waals surface area contributed by atoms with Gasteiger partial charge in [-0.1, -0.05) is 30.3 Å². The van der Waals surface area contributed by atoms with Gasteiger partial charge in [-0.3, -0.25) is 4.79 Å². The summed E-state index contributed by atoms with van der Waals surface area (Å²) in [7, 11) is 1.66. The first-order valence-electron chi connectivity index (χ1n) is 5.96. The monoisotopic (exact) mass is 242 g/mol. The summed E-state index contributed by atoms with van der Waals surface area (Å²) in [5, 5.41) is 2.23. The summed E-state index contributed by atoms with van der Waals surface area (Å²) in [4.78, 5) is 11.1. The molecule has 0 heterocycles. The van der Waals surface area contributed by atoms with Crippen LogP contribution in [-0.4, -0.2) is 13.1 Å². The molecule has 0 radical (unpaired) electrons. The van der Waals surface area contributed by atoms with E-state index < -0.39 is 0 Å². The number of benzene rings is 2. The van der Waals surface area contributed by atoms with E-state index in [1.54, 1.807) is 7.11 Å². The largest absolute Gasteiger partial charge is 0.496 e. The van der Waals surface area contributed by atoms with E-state index in [0.717, 1.165) is 28.5 Å². The lowest BCUT2D eigenvalue weighted by atomic mass is 9.82. The van der Waals surface area contributed by atoms with Crippen molar-refractivity contribution >= 4 is 16.7 Å². The molecule has 2 aromatic carbocycles. The van der Waals surface area contributed by atoms with Crippen LogP contribution in [-0.2, 0) is 16.0 Å². The van der Waals surface area contributed by atoms with Crippen molar-refractivity contribution < 1.29 is 14.3 Å². The van der Waals surface area contributed by atoms with Crippen molar-refractivity contribution in [1.29, 1.82) is 0 Å². The predicted molar refractivity (Wildman–Crippen MR) is 68.7 cm³/mol. The van der Waals surface area contributed by atoms with Crippen LogP contribution in [0.2, 0.25) is 0 Å². The number of rotatable bonds is 2. The molecule has 0 aliphatic heterocycles. The Hall–Kier alpha value is -2.03. The zero-order chi connectivity index (χ0) is 12.7. The summed E-state index contributed by atoms with van der Waals surface area (Å²) < 4.78 is 10.8. The molecular formula is C15H14O3. The molecule has 18 heavy (non-hydrogen) atoms.